The third kappa shape index (κ3) is 4.74. The molecule has 1 fully saturated rings. The van der Waals surface area contributed by atoms with E-state index in [0.29, 0.717) is 0 Å². The first-order valence-electron chi connectivity index (χ1n) is 10.3. The number of nitrogens with one attached hydrogen (secondary N) is 1. The van der Waals surface area contributed by atoms with Crippen molar-refractivity contribution in [2.45, 2.75) is 24.7 Å². The van der Waals surface area contributed by atoms with Crippen LogP contribution in [0.5, 0.6) is 0 Å². The number of benzene rings is 2. The Morgan fingerprint density at radius 2 is 1.83 bits per heavy atom. The summed E-state index contributed by atoms with van der Waals surface area (Å²) in [4.78, 5) is 19.2. The van der Waals surface area contributed by atoms with E-state index in [1.54, 1.807) is 11.9 Å². The summed E-state index contributed by atoms with van der Waals surface area (Å²) >= 11 is 1.80. The van der Waals surface area contributed by atoms with Crippen LogP contribution in [0.4, 0.5) is 0 Å². The molecule has 0 aliphatic carbocycles. The van der Waals surface area contributed by atoms with Gasteiger partial charge in [-0.15, -0.1) is 0 Å². The highest BCUT2D eigenvalue weighted by Gasteiger charge is 2.18. The molecule has 152 valence electrons. The number of rotatable bonds is 5. The van der Waals surface area contributed by atoms with Crippen LogP contribution < -0.4 is 5.56 Å². The second kappa shape index (κ2) is 8.74. The maximum absolute atomic E-state index is 12.5. The van der Waals surface area contributed by atoms with E-state index in [9.17, 15) is 4.79 Å². The van der Waals surface area contributed by atoms with Gasteiger partial charge in [-0.05, 0) is 106 Å². The van der Waals surface area contributed by atoms with Crippen LogP contribution in [0.2, 0.25) is 0 Å². The first-order valence-corrected chi connectivity index (χ1v) is 11.1. The lowest BCUT2D eigenvalue weighted by atomic mass is 9.97. The number of H-pyrrole nitrogens is 1. The van der Waals surface area contributed by atoms with E-state index in [-0.39, 0.29) is 5.56 Å². The van der Waals surface area contributed by atoms with Gasteiger partial charge in [0.05, 0.1) is 0 Å². The number of aromatic nitrogens is 1. The molecule has 2 aromatic carbocycles. The Morgan fingerprint density at radius 1 is 1.10 bits per heavy atom. The number of nitrogens with zero attached hydrogens (tertiary/aromatic N) is 2. The lowest BCUT2D eigenvalue weighted by molar-refractivity contribution is 0.205. The van der Waals surface area contributed by atoms with Crippen LogP contribution in [0.3, 0.4) is 0 Å². The summed E-state index contributed by atoms with van der Waals surface area (Å²) in [6.45, 7) is 5.59. The maximum Gasteiger partial charge on any atom is 0.256 e. The molecular formula is C24H29N3OS. The van der Waals surface area contributed by atoms with Gasteiger partial charge in [0.25, 0.3) is 5.56 Å². The van der Waals surface area contributed by atoms with Gasteiger partial charge in [0.2, 0.25) is 0 Å². The summed E-state index contributed by atoms with van der Waals surface area (Å²) in [6.07, 6.45) is 2.57. The monoisotopic (exact) mass is 407 g/mol. The van der Waals surface area contributed by atoms with E-state index < -0.39 is 0 Å². The Bertz CT molecular complexity index is 1040. The molecule has 0 amide bonds. The quantitative estimate of drug-likeness (QED) is 0.618. The summed E-state index contributed by atoms with van der Waals surface area (Å²) in [5, 5.41) is 1.76. The SMILES string of the molecule is Cc1cccc2c(=O)[nH]c(-c3ccc(SN(C)CC4CCN(C)CC4)cc3)cc12. The lowest BCUT2D eigenvalue weighted by Crippen LogP contribution is -2.34. The highest BCUT2D eigenvalue weighted by molar-refractivity contribution is 7.97. The molecule has 1 aromatic heterocycles. The molecule has 4 nitrogen and oxygen atoms in total. The molecule has 0 spiro atoms. The number of hydrogen-bond acceptors (Lipinski definition) is 4. The zero-order valence-corrected chi connectivity index (χ0v) is 18.3. The normalized spacial score (nSPS) is 16.0. The molecule has 3 aromatic rings. The highest BCUT2D eigenvalue weighted by atomic mass is 32.2. The number of piperidine rings is 1. The van der Waals surface area contributed by atoms with Crippen molar-refractivity contribution in [3.8, 4) is 11.3 Å². The fourth-order valence-electron chi connectivity index (χ4n) is 4.12. The summed E-state index contributed by atoms with van der Waals surface area (Å²) in [5.74, 6) is 0.786. The fraction of sp³-hybridized carbons (Fsp3) is 0.375. The van der Waals surface area contributed by atoms with Gasteiger partial charge >= 0.3 is 0 Å². The topological polar surface area (TPSA) is 39.3 Å². The van der Waals surface area contributed by atoms with Crippen LogP contribution in [0.1, 0.15) is 18.4 Å². The summed E-state index contributed by atoms with van der Waals surface area (Å²) in [5.41, 5.74) is 3.00. The van der Waals surface area contributed by atoms with Crippen molar-refractivity contribution in [1.82, 2.24) is 14.2 Å². The number of pyridine rings is 1. The van der Waals surface area contributed by atoms with Gasteiger partial charge in [-0.2, -0.15) is 0 Å². The van der Waals surface area contributed by atoms with E-state index in [1.807, 2.05) is 25.1 Å². The molecule has 1 saturated heterocycles. The average molecular weight is 408 g/mol. The molecule has 4 rings (SSSR count). The first-order chi connectivity index (χ1) is 14.0. The number of aryl methyl sites for hydroxylation is 1. The standard InChI is InChI=1S/C24H29N3OS/c1-17-5-4-6-21-22(17)15-23(25-24(21)28)19-7-9-20(10-8-19)29-27(3)16-18-11-13-26(2)14-12-18/h4-10,15,18H,11-14,16H2,1-3H3,(H,25,28). The zero-order chi connectivity index (χ0) is 20.4. The van der Waals surface area contributed by atoms with E-state index in [4.69, 9.17) is 0 Å². The van der Waals surface area contributed by atoms with Crippen LogP contribution in [0.25, 0.3) is 22.0 Å². The Hall–Kier alpha value is -2.08. The minimum Gasteiger partial charge on any atom is -0.321 e. The van der Waals surface area contributed by atoms with Crippen molar-refractivity contribution < 1.29 is 0 Å². The Kier molecular flexibility index (Phi) is 6.09. The first kappa shape index (κ1) is 20.2. The van der Waals surface area contributed by atoms with Crippen LogP contribution in [0.15, 0.2) is 58.2 Å². The molecule has 0 atom stereocenters. The van der Waals surface area contributed by atoms with Gasteiger partial charge in [-0.1, -0.05) is 24.3 Å². The molecular weight excluding hydrogens is 378 g/mol. The van der Waals surface area contributed by atoms with Crippen LogP contribution >= 0.6 is 11.9 Å². The number of hydrogen-bond donors (Lipinski definition) is 1. The van der Waals surface area contributed by atoms with Crippen molar-refractivity contribution in [2.24, 2.45) is 5.92 Å². The van der Waals surface area contributed by atoms with Crippen LogP contribution in [-0.2, 0) is 0 Å². The molecule has 29 heavy (non-hydrogen) atoms. The van der Waals surface area contributed by atoms with Crippen molar-refractivity contribution in [2.75, 3.05) is 33.7 Å². The van der Waals surface area contributed by atoms with Gasteiger partial charge < -0.3 is 9.88 Å². The predicted molar refractivity (Wildman–Crippen MR) is 123 cm³/mol. The molecule has 1 aliphatic rings. The smallest absolute Gasteiger partial charge is 0.256 e. The van der Waals surface area contributed by atoms with Crippen molar-refractivity contribution in [1.29, 1.82) is 0 Å². The Labute approximate surface area is 177 Å². The highest BCUT2D eigenvalue weighted by Crippen LogP contribution is 2.28. The largest absolute Gasteiger partial charge is 0.321 e. The van der Waals surface area contributed by atoms with E-state index in [2.05, 4.69) is 58.6 Å². The molecule has 0 unspecified atom stereocenters. The number of fused-ring (bicyclic) bond motifs is 1. The van der Waals surface area contributed by atoms with Crippen molar-refractivity contribution in [3.63, 3.8) is 0 Å². The van der Waals surface area contributed by atoms with E-state index in [0.717, 1.165) is 40.1 Å². The Morgan fingerprint density at radius 3 is 2.55 bits per heavy atom. The summed E-state index contributed by atoms with van der Waals surface area (Å²) < 4.78 is 2.35. The molecule has 5 heteroatoms. The average Bonchev–Trinajstić information content (AvgIpc) is 2.71. The van der Waals surface area contributed by atoms with E-state index in [1.165, 1.54) is 30.8 Å². The van der Waals surface area contributed by atoms with Crippen molar-refractivity contribution in [3.05, 3.63) is 64.4 Å². The molecule has 1 N–H and O–H groups in total. The molecule has 2 heterocycles. The number of likely N-dealkylation sites (tertiary alicyclic amines) is 1. The molecule has 0 saturated carbocycles. The van der Waals surface area contributed by atoms with Gasteiger partial charge in [0.15, 0.2) is 0 Å². The maximum atomic E-state index is 12.5. The zero-order valence-electron chi connectivity index (χ0n) is 17.4. The van der Waals surface area contributed by atoms with E-state index >= 15 is 0 Å². The second-order valence-corrected chi connectivity index (χ2v) is 9.50. The second-order valence-electron chi connectivity index (χ2n) is 8.22. The van der Waals surface area contributed by atoms with Gasteiger partial charge in [0.1, 0.15) is 0 Å². The minimum atomic E-state index is -0.0301. The summed E-state index contributed by atoms with van der Waals surface area (Å²) in [7, 11) is 4.39. The molecule has 1 aliphatic heterocycles. The van der Waals surface area contributed by atoms with Gasteiger partial charge in [-0.25, -0.2) is 4.31 Å². The minimum absolute atomic E-state index is 0.0301. The van der Waals surface area contributed by atoms with Crippen LogP contribution in [0, 0.1) is 12.8 Å². The van der Waals surface area contributed by atoms with Gasteiger partial charge in [0, 0.05) is 22.5 Å². The summed E-state index contributed by atoms with van der Waals surface area (Å²) in [6, 6.07) is 16.4. The van der Waals surface area contributed by atoms with Gasteiger partial charge in [-0.3, -0.25) is 4.79 Å². The van der Waals surface area contributed by atoms with Crippen LogP contribution in [-0.4, -0.2) is 47.9 Å². The molecule has 0 radical (unpaired) electrons. The third-order valence-corrected chi connectivity index (χ3v) is 6.83. The fourth-order valence-corrected chi connectivity index (χ4v) is 5.02. The Balaban J connectivity index is 1.46. The predicted octanol–water partition coefficient (Wildman–Crippen LogP) is 4.78. The molecule has 0 bridgehead atoms. The third-order valence-electron chi connectivity index (χ3n) is 5.89. The van der Waals surface area contributed by atoms with Crippen molar-refractivity contribution >= 4 is 22.7 Å². The lowest BCUT2D eigenvalue weighted by Gasteiger charge is -2.31. The number of aromatic amines is 1.